The fourth-order valence-electron chi connectivity index (χ4n) is 4.03. The number of aromatic nitrogens is 3. The van der Waals surface area contributed by atoms with Crippen molar-refractivity contribution in [2.45, 2.75) is 18.8 Å². The van der Waals surface area contributed by atoms with Crippen LogP contribution in [-0.2, 0) is 0 Å². The predicted molar refractivity (Wildman–Crippen MR) is 105 cm³/mol. The molecule has 1 aliphatic heterocycles. The molecule has 1 fully saturated rings. The summed E-state index contributed by atoms with van der Waals surface area (Å²) >= 11 is 0. The molecule has 1 aromatic carbocycles. The van der Waals surface area contributed by atoms with E-state index in [0.29, 0.717) is 17.1 Å². The maximum absolute atomic E-state index is 9.81. The van der Waals surface area contributed by atoms with Crippen LogP contribution in [0.1, 0.15) is 35.7 Å². The van der Waals surface area contributed by atoms with Crippen LogP contribution < -0.4 is 4.90 Å². The zero-order valence-electron chi connectivity index (χ0n) is 14.9. The molecule has 2 aliphatic rings. The van der Waals surface area contributed by atoms with E-state index < -0.39 is 0 Å². The van der Waals surface area contributed by atoms with Crippen LogP contribution in [0, 0.1) is 11.3 Å². The van der Waals surface area contributed by atoms with Gasteiger partial charge < -0.3 is 4.90 Å². The number of rotatable bonds is 3. The number of piperidine rings is 1. The molecule has 3 aromatic rings. The van der Waals surface area contributed by atoms with E-state index in [0.717, 1.165) is 43.0 Å². The van der Waals surface area contributed by atoms with E-state index in [4.69, 9.17) is 0 Å². The molecule has 0 radical (unpaired) electrons. The Morgan fingerprint density at radius 2 is 1.81 bits per heavy atom. The smallest absolute Gasteiger partial charge is 0.181 e. The highest BCUT2D eigenvalue weighted by atomic mass is 15.3. The molecule has 27 heavy (non-hydrogen) atoms. The minimum atomic E-state index is 0.591. The number of hydrogen-bond donors (Lipinski definition) is 0. The Hall–Kier alpha value is -3.39. The number of anilines is 1. The van der Waals surface area contributed by atoms with Crippen LogP contribution in [0.5, 0.6) is 0 Å². The zero-order valence-corrected chi connectivity index (χ0v) is 14.9. The van der Waals surface area contributed by atoms with E-state index in [-0.39, 0.29) is 0 Å². The van der Waals surface area contributed by atoms with Crippen molar-refractivity contribution in [3.05, 3.63) is 77.8 Å². The molecule has 2 aromatic heterocycles. The van der Waals surface area contributed by atoms with Gasteiger partial charge in [0.2, 0.25) is 0 Å². The highest BCUT2D eigenvalue weighted by Gasteiger charge is 2.24. The van der Waals surface area contributed by atoms with Crippen LogP contribution in [0.3, 0.4) is 0 Å². The molecule has 5 rings (SSSR count). The second-order valence-corrected chi connectivity index (χ2v) is 7.06. The fraction of sp³-hybridized carbons (Fsp3) is 0.227. The van der Waals surface area contributed by atoms with Gasteiger partial charge in [0.15, 0.2) is 11.5 Å². The molecule has 3 heterocycles. The average molecular weight is 353 g/mol. The largest absolute Gasteiger partial charge is 0.370 e. The number of fused-ring (bicyclic) bond motifs is 1. The molecule has 0 spiro atoms. The Kier molecular flexibility index (Phi) is 3.75. The van der Waals surface area contributed by atoms with Crippen molar-refractivity contribution in [2.75, 3.05) is 18.0 Å². The van der Waals surface area contributed by atoms with Crippen molar-refractivity contribution in [2.24, 2.45) is 0 Å². The molecule has 0 N–H and O–H groups in total. The van der Waals surface area contributed by atoms with Gasteiger partial charge in [-0.05, 0) is 30.4 Å². The first-order valence-electron chi connectivity index (χ1n) is 9.31. The van der Waals surface area contributed by atoms with Gasteiger partial charge in [-0.3, -0.25) is 4.40 Å². The SMILES string of the molecule is N#Cc1c(N2CCC(c3ccccc3)CC2)ccn2c(C3=CC=C3)nnc12. The van der Waals surface area contributed by atoms with Gasteiger partial charge in [0.05, 0.1) is 5.69 Å². The zero-order chi connectivity index (χ0) is 18.2. The predicted octanol–water partition coefficient (Wildman–Crippen LogP) is 3.94. The summed E-state index contributed by atoms with van der Waals surface area (Å²) in [5.41, 5.74) is 4.67. The van der Waals surface area contributed by atoms with Crippen molar-refractivity contribution in [3.8, 4) is 6.07 Å². The highest BCUT2D eigenvalue weighted by molar-refractivity contribution is 5.80. The van der Waals surface area contributed by atoms with Gasteiger partial charge in [0, 0.05) is 24.9 Å². The van der Waals surface area contributed by atoms with Crippen molar-refractivity contribution < 1.29 is 0 Å². The van der Waals surface area contributed by atoms with Gasteiger partial charge in [-0.1, -0.05) is 48.6 Å². The summed E-state index contributed by atoms with van der Waals surface area (Å²) in [6.45, 7) is 1.89. The molecule has 0 bridgehead atoms. The van der Waals surface area contributed by atoms with E-state index in [1.54, 1.807) is 0 Å². The maximum atomic E-state index is 9.81. The van der Waals surface area contributed by atoms with Gasteiger partial charge in [0.1, 0.15) is 11.6 Å². The molecule has 5 heteroatoms. The highest BCUT2D eigenvalue weighted by Crippen LogP contribution is 2.33. The Bertz CT molecular complexity index is 1090. The summed E-state index contributed by atoms with van der Waals surface area (Å²) in [6, 6.07) is 15.1. The van der Waals surface area contributed by atoms with E-state index >= 15 is 0 Å². The van der Waals surface area contributed by atoms with Crippen molar-refractivity contribution in [1.82, 2.24) is 14.6 Å². The van der Waals surface area contributed by atoms with Crippen LogP contribution in [0.25, 0.3) is 11.2 Å². The van der Waals surface area contributed by atoms with Gasteiger partial charge in [-0.25, -0.2) is 0 Å². The van der Waals surface area contributed by atoms with Gasteiger partial charge in [-0.15, -0.1) is 10.2 Å². The lowest BCUT2D eigenvalue weighted by Crippen LogP contribution is -2.33. The molecule has 1 saturated heterocycles. The summed E-state index contributed by atoms with van der Waals surface area (Å²) < 4.78 is 1.91. The number of nitrogens with zero attached hydrogens (tertiary/aromatic N) is 5. The summed E-state index contributed by atoms with van der Waals surface area (Å²) in [4.78, 5) is 2.31. The number of nitriles is 1. The van der Waals surface area contributed by atoms with Gasteiger partial charge >= 0.3 is 0 Å². The third-order valence-electron chi connectivity index (χ3n) is 5.59. The maximum Gasteiger partial charge on any atom is 0.181 e. The molecular weight excluding hydrogens is 334 g/mol. The topological polar surface area (TPSA) is 57.2 Å². The molecule has 0 unspecified atom stereocenters. The normalized spacial score (nSPS) is 16.9. The van der Waals surface area contributed by atoms with Crippen molar-refractivity contribution in [3.63, 3.8) is 0 Å². The number of hydrogen-bond acceptors (Lipinski definition) is 4. The summed E-state index contributed by atoms with van der Waals surface area (Å²) in [5.74, 6) is 1.38. The second-order valence-electron chi connectivity index (χ2n) is 7.06. The molecular formula is C22H19N5. The third-order valence-corrected chi connectivity index (χ3v) is 5.59. The van der Waals surface area contributed by atoms with Crippen LogP contribution in [0.2, 0.25) is 0 Å². The van der Waals surface area contributed by atoms with Crippen molar-refractivity contribution in [1.29, 1.82) is 5.26 Å². The first kappa shape index (κ1) is 15.8. The first-order chi connectivity index (χ1) is 13.3. The summed E-state index contributed by atoms with van der Waals surface area (Å²) in [6.07, 6.45) is 10.2. The molecule has 5 nitrogen and oxygen atoms in total. The minimum Gasteiger partial charge on any atom is -0.370 e. The van der Waals surface area contributed by atoms with E-state index in [1.807, 2.05) is 34.9 Å². The average Bonchev–Trinajstić information content (AvgIpc) is 3.10. The van der Waals surface area contributed by atoms with Crippen LogP contribution in [0.4, 0.5) is 5.69 Å². The van der Waals surface area contributed by atoms with E-state index in [1.165, 1.54) is 5.56 Å². The Balaban J connectivity index is 1.43. The van der Waals surface area contributed by atoms with E-state index in [9.17, 15) is 5.26 Å². The van der Waals surface area contributed by atoms with Crippen LogP contribution in [0.15, 0.2) is 60.8 Å². The Labute approximate surface area is 157 Å². The molecule has 132 valence electrons. The minimum absolute atomic E-state index is 0.591. The summed E-state index contributed by atoms with van der Waals surface area (Å²) in [7, 11) is 0. The monoisotopic (exact) mass is 353 g/mol. The Morgan fingerprint density at radius 3 is 2.48 bits per heavy atom. The van der Waals surface area contributed by atoms with Gasteiger partial charge in [-0.2, -0.15) is 5.26 Å². The standard InChI is InChI=1S/C22H19N5/c23-15-19-20(11-14-27-21(18-7-4-8-18)24-25-22(19)27)26-12-9-17(10-13-26)16-5-2-1-3-6-16/h1-8,11,14,17H,9-10,12-13H2. The van der Waals surface area contributed by atoms with Gasteiger partial charge in [0.25, 0.3) is 0 Å². The lowest BCUT2D eigenvalue weighted by Gasteiger charge is -2.34. The number of pyridine rings is 1. The second kappa shape index (κ2) is 6.40. The van der Waals surface area contributed by atoms with Crippen molar-refractivity contribution >= 4 is 16.9 Å². The number of benzene rings is 1. The first-order valence-corrected chi connectivity index (χ1v) is 9.31. The molecule has 1 aliphatic carbocycles. The lowest BCUT2D eigenvalue weighted by atomic mass is 9.89. The van der Waals surface area contributed by atoms with E-state index in [2.05, 4.69) is 51.5 Å². The summed E-state index contributed by atoms with van der Waals surface area (Å²) in [5, 5.41) is 18.4. The molecule has 0 atom stereocenters. The van der Waals surface area contributed by atoms with Crippen LogP contribution in [-0.4, -0.2) is 27.7 Å². The number of allylic oxidation sites excluding steroid dienone is 4. The van der Waals surface area contributed by atoms with Crippen LogP contribution >= 0.6 is 0 Å². The molecule has 0 saturated carbocycles. The lowest BCUT2D eigenvalue weighted by molar-refractivity contribution is 0.505. The molecule has 0 amide bonds. The fourth-order valence-corrected chi connectivity index (χ4v) is 4.03. The quantitative estimate of drug-likeness (QED) is 0.716. The third kappa shape index (κ3) is 2.61. The Morgan fingerprint density at radius 1 is 1.04 bits per heavy atom.